The highest BCUT2D eigenvalue weighted by molar-refractivity contribution is 7.86. The lowest BCUT2D eigenvalue weighted by molar-refractivity contribution is 0.101. The molecule has 7 heteroatoms. The molecule has 0 amide bonds. The standard InChI is InChI=1S/C12H10NO5S/c1-6(14)11-10(19(16,17)18)5-7-4-8(13)2-3-9(7)12(11)15/h2-5H,13H2,1H3,(H,16,17,18). The van der Waals surface area contributed by atoms with Crippen LogP contribution in [0.5, 0.6) is 5.75 Å². The molecule has 0 saturated carbocycles. The minimum Gasteiger partial charge on any atom is -0.399 e. The Bertz CT molecular complexity index is 795. The van der Waals surface area contributed by atoms with Crippen LogP contribution in [0.4, 0.5) is 5.69 Å². The normalized spacial score (nSPS) is 11.7. The Morgan fingerprint density at radius 2 is 1.89 bits per heavy atom. The van der Waals surface area contributed by atoms with Crippen LogP contribution in [0.25, 0.3) is 10.8 Å². The Balaban J connectivity index is 3.02. The van der Waals surface area contributed by atoms with Crippen molar-refractivity contribution in [2.24, 2.45) is 0 Å². The molecule has 2 aromatic carbocycles. The van der Waals surface area contributed by atoms with E-state index in [2.05, 4.69) is 0 Å². The third-order valence-corrected chi connectivity index (χ3v) is 3.59. The first kappa shape index (κ1) is 13.3. The van der Waals surface area contributed by atoms with Crippen LogP contribution in [0.15, 0.2) is 29.2 Å². The predicted molar refractivity (Wildman–Crippen MR) is 68.3 cm³/mol. The number of carbonyl (C=O) groups is 1. The molecule has 0 fully saturated rings. The monoisotopic (exact) mass is 280 g/mol. The van der Waals surface area contributed by atoms with Crippen LogP contribution in [0.1, 0.15) is 17.3 Å². The van der Waals surface area contributed by atoms with Gasteiger partial charge in [-0.3, -0.25) is 14.5 Å². The van der Waals surface area contributed by atoms with Crippen molar-refractivity contribution in [2.45, 2.75) is 11.8 Å². The number of ketones is 1. The molecule has 0 aliphatic heterocycles. The predicted octanol–water partition coefficient (Wildman–Crippen LogP) is 2.02. The maximum absolute atomic E-state index is 12.1. The Morgan fingerprint density at radius 1 is 1.26 bits per heavy atom. The number of anilines is 1. The second kappa shape index (κ2) is 4.22. The molecule has 0 aliphatic rings. The first-order valence-electron chi connectivity index (χ1n) is 5.23. The zero-order valence-corrected chi connectivity index (χ0v) is 10.7. The molecule has 0 aromatic heterocycles. The van der Waals surface area contributed by atoms with Crippen molar-refractivity contribution in [3.8, 4) is 5.75 Å². The fourth-order valence-corrected chi connectivity index (χ4v) is 2.67. The number of Topliss-reactive ketones (excluding diaryl/α,β-unsaturated/α-hetero) is 1. The summed E-state index contributed by atoms with van der Waals surface area (Å²) in [6, 6.07) is 5.35. The Hall–Kier alpha value is -2.12. The SMILES string of the molecule is CC(=O)c1c(S(=O)(=O)O)cc2cc(N)ccc2c1[O]. The van der Waals surface area contributed by atoms with E-state index in [1.807, 2.05) is 0 Å². The lowest BCUT2D eigenvalue weighted by Crippen LogP contribution is -2.07. The van der Waals surface area contributed by atoms with E-state index in [9.17, 15) is 18.3 Å². The topological polar surface area (TPSA) is 117 Å². The molecule has 0 saturated heterocycles. The van der Waals surface area contributed by atoms with Crippen molar-refractivity contribution in [2.75, 3.05) is 5.73 Å². The first-order valence-corrected chi connectivity index (χ1v) is 6.67. The van der Waals surface area contributed by atoms with E-state index in [0.29, 0.717) is 5.69 Å². The van der Waals surface area contributed by atoms with Gasteiger partial charge in [-0.2, -0.15) is 8.42 Å². The number of rotatable bonds is 2. The summed E-state index contributed by atoms with van der Waals surface area (Å²) in [6.45, 7) is 1.06. The molecule has 0 unspecified atom stereocenters. The summed E-state index contributed by atoms with van der Waals surface area (Å²) in [5.41, 5.74) is 5.34. The molecule has 0 bridgehead atoms. The minimum absolute atomic E-state index is 0.173. The molecular weight excluding hydrogens is 270 g/mol. The molecule has 19 heavy (non-hydrogen) atoms. The van der Waals surface area contributed by atoms with Crippen LogP contribution in [-0.2, 0) is 15.2 Å². The number of nitrogen functional groups attached to an aromatic ring is 1. The fraction of sp³-hybridized carbons (Fsp3) is 0.0833. The van der Waals surface area contributed by atoms with E-state index in [1.54, 1.807) is 0 Å². The van der Waals surface area contributed by atoms with Gasteiger partial charge in [0, 0.05) is 11.1 Å². The van der Waals surface area contributed by atoms with Crippen LogP contribution >= 0.6 is 0 Å². The van der Waals surface area contributed by atoms with Crippen molar-refractivity contribution >= 4 is 32.4 Å². The highest BCUT2D eigenvalue weighted by Gasteiger charge is 2.25. The second-order valence-electron chi connectivity index (χ2n) is 4.09. The second-order valence-corrected chi connectivity index (χ2v) is 5.48. The van der Waals surface area contributed by atoms with E-state index in [4.69, 9.17) is 10.3 Å². The third kappa shape index (κ3) is 2.25. The largest absolute Gasteiger partial charge is 0.399 e. The average molecular weight is 280 g/mol. The quantitative estimate of drug-likeness (QED) is 0.495. The van der Waals surface area contributed by atoms with Crippen molar-refractivity contribution in [3.63, 3.8) is 0 Å². The summed E-state index contributed by atoms with van der Waals surface area (Å²) in [4.78, 5) is 10.8. The van der Waals surface area contributed by atoms with Gasteiger partial charge < -0.3 is 5.73 Å². The van der Waals surface area contributed by atoms with Crippen molar-refractivity contribution in [1.29, 1.82) is 0 Å². The van der Waals surface area contributed by atoms with Crippen molar-refractivity contribution in [3.05, 3.63) is 29.8 Å². The van der Waals surface area contributed by atoms with Crippen LogP contribution in [-0.4, -0.2) is 18.8 Å². The Labute approximate surface area is 109 Å². The van der Waals surface area contributed by atoms with Crippen LogP contribution in [0.2, 0.25) is 0 Å². The number of hydrogen-bond donors (Lipinski definition) is 2. The number of hydrogen-bond acceptors (Lipinski definition) is 4. The Morgan fingerprint density at radius 3 is 2.42 bits per heavy atom. The summed E-state index contributed by atoms with van der Waals surface area (Å²) in [7, 11) is -4.67. The number of fused-ring (bicyclic) bond motifs is 1. The lowest BCUT2D eigenvalue weighted by atomic mass is 10.0. The minimum atomic E-state index is -4.67. The van der Waals surface area contributed by atoms with Crippen LogP contribution < -0.4 is 5.73 Å². The summed E-state index contributed by atoms with van der Waals surface area (Å²) in [5, 5.41) is 12.5. The van der Waals surface area contributed by atoms with Gasteiger partial charge in [0.25, 0.3) is 10.1 Å². The lowest BCUT2D eigenvalue weighted by Gasteiger charge is -2.09. The molecule has 1 radical (unpaired) electrons. The number of benzene rings is 2. The van der Waals surface area contributed by atoms with Gasteiger partial charge in [-0.25, -0.2) is 0 Å². The molecule has 0 heterocycles. The summed E-state index contributed by atoms with van der Waals surface area (Å²) >= 11 is 0. The summed E-state index contributed by atoms with van der Waals surface area (Å²) in [5.74, 6) is -1.46. The maximum atomic E-state index is 12.1. The Kier molecular flexibility index (Phi) is 2.95. The number of nitrogens with two attached hydrogens (primary N) is 1. The van der Waals surface area contributed by atoms with E-state index < -0.39 is 32.1 Å². The van der Waals surface area contributed by atoms with Gasteiger partial charge in [-0.1, -0.05) is 0 Å². The van der Waals surface area contributed by atoms with E-state index in [1.165, 1.54) is 18.2 Å². The molecule has 2 aromatic rings. The van der Waals surface area contributed by atoms with Crippen LogP contribution in [0, 0.1) is 0 Å². The zero-order valence-electron chi connectivity index (χ0n) is 9.88. The van der Waals surface area contributed by atoms with Gasteiger partial charge >= 0.3 is 0 Å². The zero-order chi connectivity index (χ0) is 14.4. The molecule has 3 N–H and O–H groups in total. The van der Waals surface area contributed by atoms with Gasteiger partial charge in [0.1, 0.15) is 4.90 Å². The van der Waals surface area contributed by atoms with E-state index in [-0.39, 0.29) is 10.8 Å². The molecular formula is C12H10NO5S. The highest BCUT2D eigenvalue weighted by Crippen LogP contribution is 2.35. The smallest absolute Gasteiger partial charge is 0.295 e. The summed E-state index contributed by atoms with van der Waals surface area (Å²) < 4.78 is 31.7. The van der Waals surface area contributed by atoms with Gasteiger partial charge in [0.15, 0.2) is 11.5 Å². The van der Waals surface area contributed by atoms with Crippen LogP contribution in [0.3, 0.4) is 0 Å². The van der Waals surface area contributed by atoms with Crippen molar-refractivity contribution in [1.82, 2.24) is 0 Å². The van der Waals surface area contributed by atoms with Gasteiger partial charge in [-0.15, -0.1) is 0 Å². The maximum Gasteiger partial charge on any atom is 0.295 e. The molecule has 2 rings (SSSR count). The molecule has 0 spiro atoms. The van der Waals surface area contributed by atoms with E-state index in [0.717, 1.165) is 13.0 Å². The van der Waals surface area contributed by atoms with Crippen molar-refractivity contribution < 1.29 is 22.9 Å². The van der Waals surface area contributed by atoms with Gasteiger partial charge in [0.2, 0.25) is 0 Å². The fourth-order valence-electron chi connectivity index (χ4n) is 1.90. The molecule has 0 atom stereocenters. The number of carbonyl (C=O) groups excluding carboxylic acids is 1. The highest BCUT2D eigenvalue weighted by atomic mass is 32.2. The van der Waals surface area contributed by atoms with E-state index >= 15 is 0 Å². The summed E-state index contributed by atoms with van der Waals surface area (Å²) in [6.07, 6.45) is 0. The van der Waals surface area contributed by atoms with Gasteiger partial charge in [0.05, 0.1) is 5.56 Å². The average Bonchev–Trinajstić information content (AvgIpc) is 2.26. The molecule has 99 valence electrons. The first-order chi connectivity index (χ1) is 8.71. The third-order valence-electron chi connectivity index (χ3n) is 2.71. The van der Waals surface area contributed by atoms with Gasteiger partial charge in [-0.05, 0) is 36.6 Å². The molecule has 6 nitrogen and oxygen atoms in total. The molecule has 0 aliphatic carbocycles.